The fourth-order valence-corrected chi connectivity index (χ4v) is 2.00. The van der Waals surface area contributed by atoms with Gasteiger partial charge >= 0.3 is 6.47 Å². The molecule has 2 heteroatoms. The molecule has 0 saturated heterocycles. The lowest BCUT2D eigenvalue weighted by Gasteiger charge is -2.30. The molecule has 0 atom stereocenters. The lowest BCUT2D eigenvalue weighted by Crippen LogP contribution is -2.24. The van der Waals surface area contributed by atoms with E-state index in [0.29, 0.717) is 0 Å². The summed E-state index contributed by atoms with van der Waals surface area (Å²) >= 11 is 0. The summed E-state index contributed by atoms with van der Waals surface area (Å²) in [5.74, 6) is 0. The van der Waals surface area contributed by atoms with Gasteiger partial charge in [0.1, 0.15) is 5.60 Å². The number of hydrogen-bond acceptors (Lipinski definition) is 2. The van der Waals surface area contributed by atoms with E-state index in [4.69, 9.17) is 4.74 Å². The summed E-state index contributed by atoms with van der Waals surface area (Å²) in [5.41, 5.74) is 2.96. The molecule has 2 nitrogen and oxygen atoms in total. The van der Waals surface area contributed by atoms with Crippen LogP contribution in [0.25, 0.3) is 0 Å². The molecule has 1 aromatic carbocycles. The third kappa shape index (κ3) is 3.84. The molecular weight excluding hydrogens is 248 g/mol. The number of benzene rings is 1. The average Bonchev–Trinajstić information content (AvgIpc) is 2.26. The van der Waals surface area contributed by atoms with Crippen LogP contribution in [0.15, 0.2) is 18.2 Å². The molecule has 0 aliphatic rings. The highest BCUT2D eigenvalue weighted by atomic mass is 16.5. The molecule has 0 N–H and O–H groups in total. The van der Waals surface area contributed by atoms with Gasteiger partial charge in [-0.15, -0.1) is 0 Å². The van der Waals surface area contributed by atoms with E-state index in [-0.39, 0.29) is 10.8 Å². The SMILES string of the molecule is CC(C)(C)c1cc(C(C)(C)C)cc(C(C)(C)O[C]=O)c1. The van der Waals surface area contributed by atoms with Gasteiger partial charge in [-0.3, -0.25) is 0 Å². The highest BCUT2D eigenvalue weighted by Gasteiger charge is 2.27. The van der Waals surface area contributed by atoms with Crippen LogP contribution < -0.4 is 0 Å². The smallest absolute Gasteiger partial charge is 0.418 e. The molecule has 0 aromatic heterocycles. The minimum atomic E-state index is -0.664. The lowest BCUT2D eigenvalue weighted by atomic mass is 9.78. The molecule has 0 aliphatic carbocycles. The van der Waals surface area contributed by atoms with Gasteiger partial charge in [-0.1, -0.05) is 59.7 Å². The Bertz CT molecular complexity index is 453. The maximum atomic E-state index is 10.6. The summed E-state index contributed by atoms with van der Waals surface area (Å²) in [4.78, 5) is 10.6. The Hall–Kier alpha value is -1.31. The third-order valence-electron chi connectivity index (χ3n) is 3.66. The standard InChI is InChI=1S/C18H27O2/c1-16(2,3)13-9-14(17(4,5)6)11-15(10-13)18(7,8)20-12-19/h9-11H,1-8H3. The Morgan fingerprint density at radius 1 is 0.750 bits per heavy atom. The van der Waals surface area contributed by atoms with Gasteiger partial charge in [-0.2, -0.15) is 0 Å². The maximum Gasteiger partial charge on any atom is 0.418 e. The van der Waals surface area contributed by atoms with Crippen molar-refractivity contribution >= 4 is 6.47 Å². The number of ether oxygens (including phenoxy) is 1. The van der Waals surface area contributed by atoms with Gasteiger partial charge in [0.25, 0.3) is 0 Å². The van der Waals surface area contributed by atoms with Crippen LogP contribution in [-0.2, 0) is 26.0 Å². The Labute approximate surface area is 123 Å². The van der Waals surface area contributed by atoms with Gasteiger partial charge in [0.05, 0.1) is 0 Å². The molecule has 0 aliphatic heterocycles. The topological polar surface area (TPSA) is 26.3 Å². The fourth-order valence-electron chi connectivity index (χ4n) is 2.00. The summed E-state index contributed by atoms with van der Waals surface area (Å²) in [6.45, 7) is 18.5. The molecule has 1 radical (unpaired) electrons. The molecule has 0 saturated carbocycles. The minimum absolute atomic E-state index is 0.0526. The molecule has 0 amide bonds. The Balaban J connectivity index is 3.50. The van der Waals surface area contributed by atoms with Crippen molar-refractivity contribution in [2.75, 3.05) is 0 Å². The average molecular weight is 275 g/mol. The highest BCUT2D eigenvalue weighted by molar-refractivity contribution is 5.44. The third-order valence-corrected chi connectivity index (χ3v) is 3.66. The predicted octanol–water partition coefficient (Wildman–Crippen LogP) is 4.60. The van der Waals surface area contributed by atoms with Crippen molar-refractivity contribution in [1.29, 1.82) is 0 Å². The highest BCUT2D eigenvalue weighted by Crippen LogP contribution is 2.34. The van der Waals surface area contributed by atoms with Gasteiger partial charge in [0.15, 0.2) is 0 Å². The molecule has 0 spiro atoms. The maximum absolute atomic E-state index is 10.6. The van der Waals surface area contributed by atoms with Gasteiger partial charge in [0, 0.05) is 0 Å². The van der Waals surface area contributed by atoms with E-state index in [1.807, 2.05) is 13.8 Å². The monoisotopic (exact) mass is 275 g/mol. The summed E-state index contributed by atoms with van der Waals surface area (Å²) in [6.07, 6.45) is 0. The zero-order valence-electron chi connectivity index (χ0n) is 14.0. The largest absolute Gasteiger partial charge is 0.446 e. The molecule has 20 heavy (non-hydrogen) atoms. The Kier molecular flexibility index (Phi) is 4.38. The van der Waals surface area contributed by atoms with Crippen LogP contribution in [0.5, 0.6) is 0 Å². The van der Waals surface area contributed by atoms with Gasteiger partial charge in [-0.25, -0.2) is 4.79 Å². The number of hydrogen-bond donors (Lipinski definition) is 0. The van der Waals surface area contributed by atoms with Gasteiger partial charge < -0.3 is 4.74 Å². The zero-order valence-corrected chi connectivity index (χ0v) is 14.0. The zero-order chi connectivity index (χ0) is 15.8. The van der Waals surface area contributed by atoms with E-state index < -0.39 is 5.60 Å². The lowest BCUT2D eigenvalue weighted by molar-refractivity contribution is 0.0875. The molecule has 111 valence electrons. The van der Waals surface area contributed by atoms with Crippen molar-refractivity contribution in [1.82, 2.24) is 0 Å². The molecule has 0 unspecified atom stereocenters. The summed E-state index contributed by atoms with van der Waals surface area (Å²) in [5, 5.41) is 0. The second-order valence-corrected chi connectivity index (χ2v) is 7.99. The van der Waals surface area contributed by atoms with E-state index in [0.717, 1.165) is 5.56 Å². The van der Waals surface area contributed by atoms with Crippen molar-refractivity contribution in [3.63, 3.8) is 0 Å². The summed E-state index contributed by atoms with van der Waals surface area (Å²) in [6, 6.07) is 6.52. The molecule has 1 rings (SSSR count). The van der Waals surface area contributed by atoms with Crippen LogP contribution in [0.3, 0.4) is 0 Å². The van der Waals surface area contributed by atoms with Gasteiger partial charge in [0.2, 0.25) is 0 Å². The number of rotatable bonds is 3. The van der Waals surface area contributed by atoms with Crippen molar-refractivity contribution in [2.45, 2.75) is 71.8 Å². The van der Waals surface area contributed by atoms with Crippen LogP contribution in [0.1, 0.15) is 72.1 Å². The first-order valence-corrected chi connectivity index (χ1v) is 7.09. The van der Waals surface area contributed by atoms with Gasteiger partial charge in [-0.05, 0) is 41.4 Å². The quantitative estimate of drug-likeness (QED) is 0.805. The summed E-state index contributed by atoms with van der Waals surface area (Å²) in [7, 11) is 0. The van der Waals surface area contributed by atoms with Crippen LogP contribution in [-0.4, -0.2) is 6.47 Å². The van der Waals surface area contributed by atoms with E-state index in [9.17, 15) is 4.79 Å². The van der Waals surface area contributed by atoms with E-state index >= 15 is 0 Å². The van der Waals surface area contributed by atoms with E-state index in [1.165, 1.54) is 11.1 Å². The molecule has 1 aromatic rings. The Morgan fingerprint density at radius 2 is 1.10 bits per heavy atom. The molecule has 0 bridgehead atoms. The van der Waals surface area contributed by atoms with E-state index in [2.05, 4.69) is 59.7 Å². The second kappa shape index (κ2) is 5.23. The van der Waals surface area contributed by atoms with E-state index in [1.54, 1.807) is 6.47 Å². The first kappa shape index (κ1) is 16.7. The number of carbonyl (C=O) groups excluding carboxylic acids is 1. The normalized spacial score (nSPS) is 13.2. The fraction of sp³-hybridized carbons (Fsp3) is 0.611. The van der Waals surface area contributed by atoms with Crippen molar-refractivity contribution in [2.24, 2.45) is 0 Å². The van der Waals surface area contributed by atoms with Crippen LogP contribution in [0, 0.1) is 0 Å². The molecule has 0 fully saturated rings. The minimum Gasteiger partial charge on any atom is -0.446 e. The van der Waals surface area contributed by atoms with Crippen molar-refractivity contribution in [3.05, 3.63) is 34.9 Å². The van der Waals surface area contributed by atoms with Crippen LogP contribution >= 0.6 is 0 Å². The van der Waals surface area contributed by atoms with Crippen molar-refractivity contribution < 1.29 is 9.53 Å². The summed E-state index contributed by atoms with van der Waals surface area (Å²) < 4.78 is 5.15. The van der Waals surface area contributed by atoms with Crippen LogP contribution in [0.4, 0.5) is 0 Å². The first-order valence-electron chi connectivity index (χ1n) is 7.09. The molecule has 0 heterocycles. The predicted molar refractivity (Wildman–Crippen MR) is 83.6 cm³/mol. The molecular formula is C18H27O2. The Morgan fingerprint density at radius 3 is 1.40 bits per heavy atom. The first-order chi connectivity index (χ1) is 8.88. The van der Waals surface area contributed by atoms with Crippen LogP contribution in [0.2, 0.25) is 0 Å². The van der Waals surface area contributed by atoms with Crippen molar-refractivity contribution in [3.8, 4) is 0 Å². The second-order valence-electron chi connectivity index (χ2n) is 7.99.